The second-order valence-corrected chi connectivity index (χ2v) is 10.3. The number of aliphatic carboxylic acids is 2. The highest BCUT2D eigenvalue weighted by Crippen LogP contribution is 2.30. The third kappa shape index (κ3) is 13.0. The first-order chi connectivity index (χ1) is 18.3. The predicted molar refractivity (Wildman–Crippen MR) is 143 cm³/mol. The van der Waals surface area contributed by atoms with Gasteiger partial charge in [0.25, 0.3) is 0 Å². The van der Waals surface area contributed by atoms with E-state index in [2.05, 4.69) is 29.7 Å². The van der Waals surface area contributed by atoms with E-state index in [1.165, 1.54) is 0 Å². The van der Waals surface area contributed by atoms with Gasteiger partial charge in [0.1, 0.15) is 0 Å². The van der Waals surface area contributed by atoms with E-state index >= 15 is 0 Å². The highest BCUT2D eigenvalue weighted by atomic mass is 32.1. The summed E-state index contributed by atoms with van der Waals surface area (Å²) in [6, 6.07) is 0.0421. The van der Waals surface area contributed by atoms with Crippen LogP contribution in [0.4, 0.5) is 0 Å². The molecule has 2 aliphatic rings. The average molecular weight is 562 g/mol. The Kier molecular flexibility index (Phi) is 16.0. The smallest absolute Gasteiger partial charge is 0.317 e. The Balaban J connectivity index is 2.26. The largest absolute Gasteiger partial charge is 0.480 e. The number of rotatable bonds is 13. The summed E-state index contributed by atoms with van der Waals surface area (Å²) in [6.45, 7) is 4.70. The molecule has 0 bridgehead atoms. The Bertz CT molecular complexity index is 751. The molecule has 1 atom stereocenters. The molecule has 1 saturated heterocycles. The van der Waals surface area contributed by atoms with Gasteiger partial charge in [-0.15, -0.1) is 0 Å². The third-order valence-electron chi connectivity index (χ3n) is 7.51. The van der Waals surface area contributed by atoms with Gasteiger partial charge in [0, 0.05) is 64.9 Å². The Labute approximate surface area is 229 Å². The van der Waals surface area contributed by atoms with Crippen LogP contribution in [0.5, 0.6) is 0 Å². The number of carbonyl (C=O) groups is 2. The lowest BCUT2D eigenvalue weighted by Gasteiger charge is -2.40. The van der Waals surface area contributed by atoms with Gasteiger partial charge in [-0.1, -0.05) is 0 Å². The zero-order chi connectivity index (χ0) is 27.8. The molecule has 0 spiro atoms. The van der Waals surface area contributed by atoms with Crippen molar-refractivity contribution in [2.24, 2.45) is 10.9 Å². The van der Waals surface area contributed by atoms with Crippen LogP contribution in [0.3, 0.4) is 0 Å². The van der Waals surface area contributed by atoms with Gasteiger partial charge >= 0.3 is 11.9 Å². The van der Waals surface area contributed by atoms with Crippen LogP contribution >= 0.6 is 12.2 Å². The van der Waals surface area contributed by atoms with Crippen molar-refractivity contribution in [1.82, 2.24) is 19.6 Å². The van der Waals surface area contributed by atoms with Crippen molar-refractivity contribution in [3.63, 3.8) is 0 Å². The Morgan fingerprint density at radius 1 is 0.816 bits per heavy atom. The van der Waals surface area contributed by atoms with Gasteiger partial charge in [-0.2, -0.15) is 0 Å². The molecular formula is C24H43N5O8S. The highest BCUT2D eigenvalue weighted by molar-refractivity contribution is 7.78. The zero-order valence-electron chi connectivity index (χ0n) is 22.0. The van der Waals surface area contributed by atoms with E-state index in [0.717, 1.165) is 32.1 Å². The highest BCUT2D eigenvalue weighted by Gasteiger charge is 2.30. The van der Waals surface area contributed by atoms with Crippen LogP contribution in [0.25, 0.3) is 0 Å². The molecule has 1 heterocycles. The molecular weight excluding hydrogens is 518 g/mol. The van der Waals surface area contributed by atoms with Crippen molar-refractivity contribution < 1.29 is 40.1 Å². The number of isothiocyanates is 1. The van der Waals surface area contributed by atoms with Crippen molar-refractivity contribution in [2.75, 3.05) is 85.2 Å². The Morgan fingerprint density at radius 2 is 1.34 bits per heavy atom. The van der Waals surface area contributed by atoms with Crippen molar-refractivity contribution in [3.8, 4) is 0 Å². The molecule has 1 aliphatic carbocycles. The predicted octanol–water partition coefficient (Wildman–Crippen LogP) is 0.777. The lowest BCUT2D eigenvalue weighted by atomic mass is 9.82. The number of carboxylic acid groups (broad SMARTS) is 2. The molecule has 0 aromatic rings. The average Bonchev–Trinajstić information content (AvgIpc) is 2.87. The second kappa shape index (κ2) is 18.7. The summed E-state index contributed by atoms with van der Waals surface area (Å²) in [5.74, 6) is -1.48. The number of hydrogen-bond acceptors (Lipinski definition) is 12. The summed E-state index contributed by atoms with van der Waals surface area (Å²) in [5, 5.41) is 39.5. The number of nitrogens with zero attached hydrogens (tertiary/aromatic N) is 5. The first kappa shape index (κ1) is 32.6. The van der Waals surface area contributed by atoms with Crippen LogP contribution in [0.2, 0.25) is 0 Å². The normalized spacial score (nSPS) is 25.7. The number of hydrogen-bond donors (Lipinski definition) is 4. The van der Waals surface area contributed by atoms with Gasteiger partial charge in [0.2, 0.25) is 0 Å². The first-order valence-electron chi connectivity index (χ1n) is 13.3. The van der Waals surface area contributed by atoms with E-state index in [4.69, 9.17) is 22.7 Å². The van der Waals surface area contributed by atoms with E-state index < -0.39 is 11.9 Å². The Morgan fingerprint density at radius 3 is 1.84 bits per heavy atom. The quantitative estimate of drug-likeness (QED) is 0.108. The van der Waals surface area contributed by atoms with Crippen molar-refractivity contribution >= 4 is 29.3 Å². The van der Waals surface area contributed by atoms with Gasteiger partial charge in [-0.05, 0) is 50.2 Å². The lowest BCUT2D eigenvalue weighted by molar-refractivity contribution is -0.245. The molecule has 0 aromatic heterocycles. The first-order valence-corrected chi connectivity index (χ1v) is 13.7. The fourth-order valence-electron chi connectivity index (χ4n) is 5.44. The molecule has 0 amide bonds. The molecule has 1 aliphatic heterocycles. The van der Waals surface area contributed by atoms with Crippen molar-refractivity contribution in [3.05, 3.63) is 0 Å². The third-order valence-corrected chi connectivity index (χ3v) is 7.61. The van der Waals surface area contributed by atoms with Crippen LogP contribution in [0.15, 0.2) is 4.99 Å². The molecule has 4 N–H and O–H groups in total. The van der Waals surface area contributed by atoms with Gasteiger partial charge in [-0.3, -0.25) is 39.7 Å². The van der Waals surface area contributed by atoms with Gasteiger partial charge < -0.3 is 10.2 Å². The summed E-state index contributed by atoms with van der Waals surface area (Å²) in [5.41, 5.74) is 0. The van der Waals surface area contributed by atoms with E-state index in [1.807, 2.05) is 9.80 Å². The molecule has 1 unspecified atom stereocenters. The number of carboxylic acids is 2. The standard InChI is InChI=1S/C24H43N5O8S/c30-23(31)17-28-8-7-26(11-13-36-34)5-6-27(12-14-37-35)9-10-29(18-24(32)33)22(16-28)15-20-1-3-21(4-2-20)25-19-38/h20-22,34-35H,1-18H2,(H,30,31)(H,32,33). The SMILES string of the molecule is O=C(O)CN1CCN(CCOO)CCN(CCOO)CCN(CC(=O)O)C(CC2CCC(N=C=S)CC2)C1. The summed E-state index contributed by atoms with van der Waals surface area (Å²) in [4.78, 5) is 44.5. The van der Waals surface area contributed by atoms with Crippen LogP contribution in [-0.4, -0.2) is 155 Å². The minimum atomic E-state index is -0.931. The molecule has 0 aromatic carbocycles. The van der Waals surface area contributed by atoms with Gasteiger partial charge in [-0.25, -0.2) is 14.8 Å². The van der Waals surface area contributed by atoms with Crippen molar-refractivity contribution in [1.29, 1.82) is 0 Å². The minimum Gasteiger partial charge on any atom is -0.480 e. The molecule has 0 radical (unpaired) electrons. The van der Waals surface area contributed by atoms with Crippen LogP contribution in [-0.2, 0) is 19.4 Å². The van der Waals surface area contributed by atoms with Crippen LogP contribution in [0.1, 0.15) is 32.1 Å². The minimum absolute atomic E-state index is 0.127. The fourth-order valence-corrected chi connectivity index (χ4v) is 5.59. The molecule has 13 nitrogen and oxygen atoms in total. The maximum Gasteiger partial charge on any atom is 0.317 e. The molecule has 1 saturated carbocycles. The molecule has 14 heteroatoms. The number of aliphatic imine (C=N–C) groups is 1. The summed E-state index contributed by atoms with van der Waals surface area (Å²) in [7, 11) is 0. The van der Waals surface area contributed by atoms with E-state index in [0.29, 0.717) is 64.8 Å². The van der Waals surface area contributed by atoms with E-state index in [-0.39, 0.29) is 38.4 Å². The van der Waals surface area contributed by atoms with Crippen LogP contribution in [0, 0.1) is 5.92 Å². The van der Waals surface area contributed by atoms with E-state index in [1.54, 1.807) is 0 Å². The monoisotopic (exact) mass is 561 g/mol. The fraction of sp³-hybridized carbons (Fsp3) is 0.875. The maximum absolute atomic E-state index is 11.9. The number of thiocarbonyl (C=S) groups is 1. The maximum atomic E-state index is 11.9. The molecule has 218 valence electrons. The molecule has 2 rings (SSSR count). The van der Waals surface area contributed by atoms with Gasteiger partial charge in [0.15, 0.2) is 0 Å². The second-order valence-electron chi connectivity index (χ2n) is 10.1. The summed E-state index contributed by atoms with van der Waals surface area (Å²) in [6.07, 6.45) is 4.50. The van der Waals surface area contributed by atoms with E-state index in [9.17, 15) is 19.8 Å². The summed E-state index contributed by atoms with van der Waals surface area (Å²) < 4.78 is 0. The van der Waals surface area contributed by atoms with Crippen molar-refractivity contribution in [2.45, 2.75) is 44.2 Å². The zero-order valence-corrected chi connectivity index (χ0v) is 22.8. The molecule has 38 heavy (non-hydrogen) atoms. The lowest BCUT2D eigenvalue weighted by Crippen LogP contribution is -2.53. The Hall–Kier alpha value is -1.58. The summed E-state index contributed by atoms with van der Waals surface area (Å²) >= 11 is 4.76. The molecule has 2 fully saturated rings. The topological polar surface area (TPSA) is 159 Å². The van der Waals surface area contributed by atoms with Gasteiger partial charge in [0.05, 0.1) is 37.5 Å². The van der Waals surface area contributed by atoms with Crippen LogP contribution < -0.4 is 0 Å².